The lowest BCUT2D eigenvalue weighted by atomic mass is 10.1. The van der Waals surface area contributed by atoms with Crippen LogP contribution in [0.5, 0.6) is 0 Å². The van der Waals surface area contributed by atoms with Crippen LogP contribution < -0.4 is 0 Å². The molecule has 0 spiro atoms. The van der Waals surface area contributed by atoms with Crippen molar-refractivity contribution in [2.75, 3.05) is 6.54 Å². The summed E-state index contributed by atoms with van der Waals surface area (Å²) in [7, 11) is 0. The Morgan fingerprint density at radius 1 is 1.35 bits per heavy atom. The first kappa shape index (κ1) is 13.5. The van der Waals surface area contributed by atoms with Gasteiger partial charge in [-0.15, -0.1) is 0 Å². The topological polar surface area (TPSA) is 47.4 Å². The third-order valence-electron chi connectivity index (χ3n) is 3.86. The maximum absolute atomic E-state index is 12.3. The van der Waals surface area contributed by atoms with Gasteiger partial charge in [0.15, 0.2) is 0 Å². The molecule has 1 saturated heterocycles. The van der Waals surface area contributed by atoms with Crippen LogP contribution in [0.3, 0.4) is 0 Å². The fourth-order valence-electron chi connectivity index (χ4n) is 2.84. The van der Waals surface area contributed by atoms with E-state index in [0.29, 0.717) is 6.04 Å². The third-order valence-corrected chi connectivity index (χ3v) is 3.86. The van der Waals surface area contributed by atoms with Gasteiger partial charge in [-0.3, -0.25) is 4.90 Å². The van der Waals surface area contributed by atoms with E-state index in [0.717, 1.165) is 25.1 Å². The van der Waals surface area contributed by atoms with Gasteiger partial charge in [-0.25, -0.2) is 9.78 Å². The Morgan fingerprint density at radius 2 is 2.10 bits per heavy atom. The molecule has 2 aliphatic rings. The molecule has 3 rings (SSSR count). The van der Waals surface area contributed by atoms with Gasteiger partial charge in [0.05, 0.1) is 24.3 Å². The fourth-order valence-corrected chi connectivity index (χ4v) is 2.84. The number of hydrogen-bond donors (Lipinski definition) is 0. The van der Waals surface area contributed by atoms with Crippen LogP contribution >= 0.6 is 0 Å². The highest BCUT2D eigenvalue weighted by atomic mass is 16.6. The summed E-state index contributed by atoms with van der Waals surface area (Å²) < 4.78 is 7.77. The molecule has 5 nitrogen and oxygen atoms in total. The number of carbonyl (C=O) groups excluding carboxylic acids is 1. The first-order valence-electron chi connectivity index (χ1n) is 7.47. The second-order valence-electron chi connectivity index (χ2n) is 6.79. The Balaban J connectivity index is 1.78. The molecule has 110 valence electrons. The smallest absolute Gasteiger partial charge is 0.410 e. The van der Waals surface area contributed by atoms with Crippen LogP contribution in [0.15, 0.2) is 12.5 Å². The number of imidazole rings is 1. The molecule has 2 fully saturated rings. The van der Waals surface area contributed by atoms with Crippen molar-refractivity contribution in [3.8, 4) is 0 Å². The van der Waals surface area contributed by atoms with E-state index in [4.69, 9.17) is 4.74 Å². The highest BCUT2D eigenvalue weighted by molar-refractivity contribution is 5.69. The van der Waals surface area contributed by atoms with E-state index >= 15 is 0 Å². The number of nitrogens with zero attached hydrogens (tertiary/aromatic N) is 3. The molecule has 1 atom stereocenters. The number of rotatable bonds is 2. The lowest BCUT2D eigenvalue weighted by Gasteiger charge is -2.29. The average molecular weight is 277 g/mol. The molecule has 1 aliphatic heterocycles. The van der Waals surface area contributed by atoms with Crippen LogP contribution in [-0.4, -0.2) is 32.7 Å². The van der Waals surface area contributed by atoms with E-state index < -0.39 is 5.60 Å². The van der Waals surface area contributed by atoms with E-state index in [-0.39, 0.29) is 12.1 Å². The minimum absolute atomic E-state index is 0.118. The van der Waals surface area contributed by atoms with Gasteiger partial charge in [-0.05, 0) is 46.5 Å². The van der Waals surface area contributed by atoms with Crippen molar-refractivity contribution < 1.29 is 9.53 Å². The minimum Gasteiger partial charge on any atom is -0.444 e. The summed E-state index contributed by atoms with van der Waals surface area (Å²) in [6, 6.07) is 0.710. The molecule has 1 aliphatic carbocycles. The summed E-state index contributed by atoms with van der Waals surface area (Å²) in [4.78, 5) is 18.5. The SMILES string of the molecule is CC(C)(C)OC(=O)N1CCC[C@H]1c1cncn1C1CC1. The summed E-state index contributed by atoms with van der Waals surface area (Å²) in [5, 5.41) is 0. The highest BCUT2D eigenvalue weighted by Crippen LogP contribution is 2.40. The van der Waals surface area contributed by atoms with Gasteiger partial charge in [-0.2, -0.15) is 0 Å². The van der Waals surface area contributed by atoms with Gasteiger partial charge < -0.3 is 9.30 Å². The zero-order valence-electron chi connectivity index (χ0n) is 12.5. The molecule has 5 heteroatoms. The summed E-state index contributed by atoms with van der Waals surface area (Å²) in [6.45, 7) is 6.49. The van der Waals surface area contributed by atoms with E-state index in [9.17, 15) is 4.79 Å². The summed E-state index contributed by atoms with van der Waals surface area (Å²) in [6.07, 6.45) is 8.08. The largest absolute Gasteiger partial charge is 0.444 e. The van der Waals surface area contributed by atoms with Crippen LogP contribution in [0.4, 0.5) is 4.79 Å². The van der Waals surface area contributed by atoms with Crippen LogP contribution in [0.2, 0.25) is 0 Å². The van der Waals surface area contributed by atoms with E-state index in [2.05, 4.69) is 9.55 Å². The van der Waals surface area contributed by atoms with Crippen molar-refractivity contribution in [3.05, 3.63) is 18.2 Å². The summed E-state index contributed by atoms with van der Waals surface area (Å²) in [5.41, 5.74) is 0.719. The molecule has 0 aromatic carbocycles. The minimum atomic E-state index is -0.443. The quantitative estimate of drug-likeness (QED) is 0.833. The summed E-state index contributed by atoms with van der Waals surface area (Å²) in [5.74, 6) is 0. The van der Waals surface area contributed by atoms with Crippen LogP contribution in [0, 0.1) is 0 Å². The van der Waals surface area contributed by atoms with Gasteiger partial charge in [0.2, 0.25) is 0 Å². The number of amides is 1. The fraction of sp³-hybridized carbons (Fsp3) is 0.733. The second-order valence-corrected chi connectivity index (χ2v) is 6.79. The van der Waals surface area contributed by atoms with Crippen molar-refractivity contribution >= 4 is 6.09 Å². The molecule has 20 heavy (non-hydrogen) atoms. The Morgan fingerprint density at radius 3 is 2.75 bits per heavy atom. The van der Waals surface area contributed by atoms with Crippen molar-refractivity contribution in [2.24, 2.45) is 0 Å². The highest BCUT2D eigenvalue weighted by Gasteiger charge is 2.36. The monoisotopic (exact) mass is 277 g/mol. The number of carbonyl (C=O) groups is 1. The lowest BCUT2D eigenvalue weighted by molar-refractivity contribution is 0.0219. The second kappa shape index (κ2) is 4.79. The number of ether oxygens (including phenoxy) is 1. The van der Waals surface area contributed by atoms with Gasteiger partial charge in [0.1, 0.15) is 5.60 Å². The molecule has 1 aromatic heterocycles. The first-order valence-corrected chi connectivity index (χ1v) is 7.47. The maximum atomic E-state index is 12.3. The third kappa shape index (κ3) is 2.67. The Hall–Kier alpha value is -1.52. The standard InChI is InChI=1S/C15H23N3O2/c1-15(2,3)20-14(19)17-8-4-5-12(17)13-9-16-10-18(13)11-6-7-11/h9-12H,4-8H2,1-3H3/t12-/m0/s1. The Kier molecular flexibility index (Phi) is 3.22. The van der Waals surface area contributed by atoms with Crippen molar-refractivity contribution in [1.29, 1.82) is 0 Å². The zero-order valence-corrected chi connectivity index (χ0v) is 12.5. The molecule has 0 N–H and O–H groups in total. The van der Waals surface area contributed by atoms with E-state index in [1.807, 2.05) is 38.2 Å². The molecular formula is C15H23N3O2. The lowest BCUT2D eigenvalue weighted by Crippen LogP contribution is -2.36. The molecule has 0 unspecified atom stereocenters. The van der Waals surface area contributed by atoms with Crippen molar-refractivity contribution in [2.45, 2.75) is 64.1 Å². The molecule has 1 amide bonds. The average Bonchev–Trinajstić information content (AvgIpc) is 2.90. The molecule has 1 saturated carbocycles. The van der Waals surface area contributed by atoms with Crippen molar-refractivity contribution in [1.82, 2.24) is 14.5 Å². The predicted octanol–water partition coefficient (Wildman–Crippen LogP) is 3.29. The molecule has 0 radical (unpaired) electrons. The molecule has 1 aromatic rings. The van der Waals surface area contributed by atoms with Gasteiger partial charge in [-0.1, -0.05) is 0 Å². The number of hydrogen-bond acceptors (Lipinski definition) is 3. The van der Waals surface area contributed by atoms with Crippen molar-refractivity contribution in [3.63, 3.8) is 0 Å². The van der Waals surface area contributed by atoms with Crippen LogP contribution in [-0.2, 0) is 4.74 Å². The molecule has 2 heterocycles. The predicted molar refractivity (Wildman–Crippen MR) is 75.4 cm³/mol. The summed E-state index contributed by atoms with van der Waals surface area (Å²) >= 11 is 0. The molecular weight excluding hydrogens is 254 g/mol. The van der Waals surface area contributed by atoms with E-state index in [1.165, 1.54) is 12.8 Å². The first-order chi connectivity index (χ1) is 9.46. The number of likely N-dealkylation sites (tertiary alicyclic amines) is 1. The number of aromatic nitrogens is 2. The van der Waals surface area contributed by atoms with Gasteiger partial charge >= 0.3 is 6.09 Å². The Bertz CT molecular complexity index is 499. The zero-order chi connectivity index (χ0) is 14.3. The maximum Gasteiger partial charge on any atom is 0.410 e. The van der Waals surface area contributed by atoms with Crippen LogP contribution in [0.1, 0.15) is 64.2 Å². The van der Waals surface area contributed by atoms with E-state index in [1.54, 1.807) is 0 Å². The van der Waals surface area contributed by atoms with Gasteiger partial charge in [0, 0.05) is 12.6 Å². The van der Waals surface area contributed by atoms with Gasteiger partial charge in [0.25, 0.3) is 0 Å². The Labute approximate surface area is 119 Å². The normalized spacial score (nSPS) is 23.1. The molecule has 0 bridgehead atoms. The van der Waals surface area contributed by atoms with Crippen LogP contribution in [0.25, 0.3) is 0 Å².